The lowest BCUT2D eigenvalue weighted by atomic mass is 10.9. The molecular formula is C3H3NO. The van der Waals surface area contributed by atoms with Gasteiger partial charge in [0.1, 0.15) is 0 Å². The molecule has 0 aromatic heterocycles. The van der Waals surface area contributed by atoms with Crippen molar-refractivity contribution in [2.24, 2.45) is 5.73 Å². The van der Waals surface area contributed by atoms with Gasteiger partial charge in [-0.2, -0.15) is 0 Å². The topological polar surface area (TPSA) is 43.1 Å². The average molecular weight is 69.1 g/mol. The highest BCUT2D eigenvalue weighted by Crippen LogP contribution is 1.29. The molecule has 0 unspecified atom stereocenters. The average Bonchev–Trinajstić information content (AvgIpc) is 1.41. The second kappa shape index (κ2) is 3.03. The summed E-state index contributed by atoms with van der Waals surface area (Å²) in [5.41, 5.74) is 6.60. The van der Waals surface area contributed by atoms with Gasteiger partial charge in [-0.3, -0.25) is 0 Å². The molecule has 0 aliphatic carbocycles. The Bertz CT molecular complexity index is 85.1. The van der Waals surface area contributed by atoms with Crippen molar-refractivity contribution in [3.63, 3.8) is 0 Å². The predicted molar refractivity (Wildman–Crippen MR) is 18.0 cm³/mol. The number of nitrogens with two attached hydrogens (primary N) is 1. The molecule has 26 valence electrons. The molecule has 0 rings (SSSR count). The Morgan fingerprint density at radius 2 is 2.40 bits per heavy atom. The minimum Gasteiger partial charge on any atom is -0.398 e. The summed E-state index contributed by atoms with van der Waals surface area (Å²) in [6.45, 7) is 0. The van der Waals surface area contributed by atoms with E-state index in [-0.39, 0.29) is 0 Å². The minimum atomic E-state index is 1.01. The summed E-state index contributed by atoms with van der Waals surface area (Å²) in [7, 11) is 0. The van der Waals surface area contributed by atoms with E-state index in [1.165, 1.54) is 5.94 Å². The summed E-state index contributed by atoms with van der Waals surface area (Å²) < 4.78 is 0. The van der Waals surface area contributed by atoms with E-state index in [1.54, 1.807) is 0 Å². The highest BCUT2D eigenvalue weighted by molar-refractivity contribution is 5.43. The summed E-state index contributed by atoms with van der Waals surface area (Å²) in [5.74, 6) is 1.34. The Labute approximate surface area is 29.6 Å². The van der Waals surface area contributed by atoms with Gasteiger partial charge in [0.05, 0.1) is 0 Å². The van der Waals surface area contributed by atoms with Crippen LogP contribution in [-0.2, 0) is 4.79 Å². The molecule has 2 heteroatoms. The van der Waals surface area contributed by atoms with Gasteiger partial charge >= 0.3 is 0 Å². The maximum Gasteiger partial charge on any atom is 0.178 e. The van der Waals surface area contributed by atoms with Crippen LogP contribution < -0.4 is 5.73 Å². The highest BCUT2D eigenvalue weighted by Gasteiger charge is 1.32. The zero-order chi connectivity index (χ0) is 4.12. The number of rotatable bonds is 0. The van der Waals surface area contributed by atoms with Crippen molar-refractivity contribution in [1.29, 1.82) is 0 Å². The smallest absolute Gasteiger partial charge is 0.178 e. The van der Waals surface area contributed by atoms with Crippen molar-refractivity contribution in [3.8, 4) is 0 Å². The van der Waals surface area contributed by atoms with Crippen LogP contribution in [0, 0.1) is 0 Å². The largest absolute Gasteiger partial charge is 0.398 e. The van der Waals surface area contributed by atoms with Crippen molar-refractivity contribution in [2.75, 3.05) is 0 Å². The third kappa shape index (κ3) is 3.03. The summed E-state index contributed by atoms with van der Waals surface area (Å²) in [4.78, 5) is 9.06. The standard InChI is InChI=1S/C3H3NO/c4-2-1-3-5/h2H,4H2. The Morgan fingerprint density at radius 3 is 2.40 bits per heavy atom. The van der Waals surface area contributed by atoms with E-state index >= 15 is 0 Å². The van der Waals surface area contributed by atoms with Gasteiger partial charge in [0.15, 0.2) is 5.94 Å². The van der Waals surface area contributed by atoms with Crippen molar-refractivity contribution < 1.29 is 4.79 Å². The number of hydrogen-bond donors (Lipinski definition) is 1. The molecule has 0 fully saturated rings. The molecule has 0 aliphatic heterocycles. The molecule has 0 heterocycles. The van der Waals surface area contributed by atoms with E-state index in [0.717, 1.165) is 6.20 Å². The normalized spacial score (nSPS) is 4.00. The van der Waals surface area contributed by atoms with E-state index in [9.17, 15) is 0 Å². The van der Waals surface area contributed by atoms with Gasteiger partial charge in [0.25, 0.3) is 0 Å². The highest BCUT2D eigenvalue weighted by atomic mass is 16.1. The van der Waals surface area contributed by atoms with Crippen LogP contribution in [0.15, 0.2) is 11.9 Å². The fourth-order valence-corrected chi connectivity index (χ4v) is 0.0340. The maximum atomic E-state index is 9.06. The van der Waals surface area contributed by atoms with E-state index in [4.69, 9.17) is 4.79 Å². The lowest BCUT2D eigenvalue weighted by Crippen LogP contribution is -1.69. The maximum absolute atomic E-state index is 9.06. The van der Waals surface area contributed by atoms with Crippen LogP contribution in [0.4, 0.5) is 0 Å². The van der Waals surface area contributed by atoms with E-state index in [2.05, 4.69) is 5.73 Å². The molecule has 0 amide bonds. The van der Waals surface area contributed by atoms with Gasteiger partial charge in [-0.1, -0.05) is 0 Å². The Hall–Kier alpha value is -0.970. The molecule has 2 nitrogen and oxygen atoms in total. The second-order valence-electron chi connectivity index (χ2n) is 0.413. The summed E-state index contributed by atoms with van der Waals surface area (Å²) >= 11 is 0. The third-order valence-electron chi connectivity index (χ3n) is 0.142. The molecule has 0 saturated carbocycles. The van der Waals surface area contributed by atoms with Crippen LogP contribution in [0.3, 0.4) is 0 Å². The Morgan fingerprint density at radius 1 is 1.80 bits per heavy atom. The fraction of sp³-hybridized carbons (Fsp3) is 0. The van der Waals surface area contributed by atoms with E-state index < -0.39 is 0 Å². The van der Waals surface area contributed by atoms with E-state index in [0.29, 0.717) is 0 Å². The third-order valence-corrected chi connectivity index (χ3v) is 0.142. The Kier molecular flexibility index (Phi) is 2.44. The predicted octanol–water partition coefficient (Wildman–Crippen LogP) is -0.554. The molecule has 0 saturated heterocycles. The molecule has 0 aromatic rings. The van der Waals surface area contributed by atoms with Gasteiger partial charge in [-0.05, 0) is 5.73 Å². The first-order valence-electron chi connectivity index (χ1n) is 1.08. The monoisotopic (exact) mass is 69.0 g/mol. The zero-order valence-corrected chi connectivity index (χ0v) is 2.56. The summed E-state index contributed by atoms with van der Waals surface area (Å²) in [6, 6.07) is 0. The SMILES string of the molecule is NC=C=C=O. The molecule has 5 heavy (non-hydrogen) atoms. The van der Waals surface area contributed by atoms with Crippen LogP contribution in [0.25, 0.3) is 0 Å². The van der Waals surface area contributed by atoms with E-state index in [1.807, 2.05) is 5.73 Å². The molecule has 0 bridgehead atoms. The fourth-order valence-electron chi connectivity index (χ4n) is 0.0340. The molecule has 0 aromatic carbocycles. The van der Waals surface area contributed by atoms with Crippen molar-refractivity contribution in [3.05, 3.63) is 11.9 Å². The van der Waals surface area contributed by atoms with Crippen LogP contribution in [-0.4, -0.2) is 5.94 Å². The minimum absolute atomic E-state index is 1.01. The van der Waals surface area contributed by atoms with Gasteiger partial charge in [-0.25, -0.2) is 4.79 Å². The van der Waals surface area contributed by atoms with Crippen LogP contribution >= 0.6 is 0 Å². The first-order chi connectivity index (χ1) is 2.41. The van der Waals surface area contributed by atoms with Crippen molar-refractivity contribution in [2.45, 2.75) is 0 Å². The van der Waals surface area contributed by atoms with Crippen LogP contribution in [0.2, 0.25) is 0 Å². The first kappa shape index (κ1) is 4.03. The molecule has 2 N–H and O–H groups in total. The second-order valence-corrected chi connectivity index (χ2v) is 0.413. The molecule has 0 spiro atoms. The number of carbonyl (C=O) groups excluding carboxylic acids is 1. The quantitative estimate of drug-likeness (QED) is 0.306. The van der Waals surface area contributed by atoms with Gasteiger partial charge in [0.2, 0.25) is 0 Å². The van der Waals surface area contributed by atoms with Crippen LogP contribution in [0.1, 0.15) is 0 Å². The first-order valence-corrected chi connectivity index (χ1v) is 1.08. The lowest BCUT2D eigenvalue weighted by Gasteiger charge is -1.43. The van der Waals surface area contributed by atoms with Crippen molar-refractivity contribution >= 4 is 5.94 Å². The lowest BCUT2D eigenvalue weighted by molar-refractivity contribution is 0.569. The van der Waals surface area contributed by atoms with Gasteiger partial charge in [-0.15, -0.1) is 0 Å². The number of hydrogen-bond acceptors (Lipinski definition) is 2. The summed E-state index contributed by atoms with van der Waals surface area (Å²) in [6.07, 6.45) is 1.01. The summed E-state index contributed by atoms with van der Waals surface area (Å²) in [5, 5.41) is 0. The molecule has 0 aliphatic rings. The molecular weight excluding hydrogens is 66.0 g/mol. The Balaban J connectivity index is 3.75. The molecule has 0 atom stereocenters. The van der Waals surface area contributed by atoms with Gasteiger partial charge < -0.3 is 5.73 Å². The van der Waals surface area contributed by atoms with Gasteiger partial charge in [0, 0.05) is 6.20 Å². The molecule has 0 radical (unpaired) electrons. The zero-order valence-electron chi connectivity index (χ0n) is 2.56. The van der Waals surface area contributed by atoms with Crippen molar-refractivity contribution in [1.82, 2.24) is 0 Å². The van der Waals surface area contributed by atoms with Crippen LogP contribution in [0.5, 0.6) is 0 Å².